The molecule has 0 atom stereocenters. The van der Waals surface area contributed by atoms with Crippen molar-refractivity contribution in [3.8, 4) is 0 Å². The van der Waals surface area contributed by atoms with Crippen molar-refractivity contribution in [3.63, 3.8) is 0 Å². The number of hydrogen-bond donors (Lipinski definition) is 0. The Hall–Kier alpha value is -1.33. The minimum Gasteiger partial charge on any atom is -0.469 e. The summed E-state index contributed by atoms with van der Waals surface area (Å²) in [5, 5.41) is 10.7. The minimum atomic E-state index is -0.610. The van der Waals surface area contributed by atoms with Gasteiger partial charge in [-0.05, 0) is 17.2 Å². The fourth-order valence-corrected chi connectivity index (χ4v) is 1.81. The van der Waals surface area contributed by atoms with Crippen molar-refractivity contribution in [1.82, 2.24) is 0 Å². The summed E-state index contributed by atoms with van der Waals surface area (Å²) in [6.07, 6.45) is -0.0729. The third-order valence-corrected chi connectivity index (χ3v) is 2.76. The van der Waals surface area contributed by atoms with Crippen molar-refractivity contribution in [2.24, 2.45) is 0 Å². The summed E-state index contributed by atoms with van der Waals surface area (Å²) in [4.78, 5) is 21.2. The molecule has 0 amide bonds. The number of halogens is 2. The maximum Gasteiger partial charge on any atom is 0.309 e. The van der Waals surface area contributed by atoms with Gasteiger partial charge in [-0.15, -0.1) is 11.6 Å². The Bertz CT molecular complexity index is 462. The number of rotatable bonds is 4. The summed E-state index contributed by atoms with van der Waals surface area (Å²) in [6, 6.07) is 2.64. The van der Waals surface area contributed by atoms with Crippen molar-refractivity contribution >= 4 is 34.9 Å². The largest absolute Gasteiger partial charge is 0.469 e. The predicted octanol–water partition coefficient (Wildman–Crippen LogP) is 2.70. The van der Waals surface area contributed by atoms with E-state index in [2.05, 4.69) is 4.74 Å². The fourth-order valence-electron chi connectivity index (χ4n) is 1.30. The standard InChI is InChI=1S/C10H9Cl2NO4/c1-17-10(14)4-6-3-9(13(15)16)8(12)2-7(6)5-11/h2-3H,4-5H2,1H3. The molecule has 0 saturated heterocycles. The number of ether oxygens (including phenoxy) is 1. The summed E-state index contributed by atoms with van der Waals surface area (Å²) in [6.45, 7) is 0. The summed E-state index contributed by atoms with van der Waals surface area (Å²) >= 11 is 11.4. The normalized spacial score (nSPS) is 10.1. The van der Waals surface area contributed by atoms with Crippen molar-refractivity contribution in [2.75, 3.05) is 7.11 Å². The first kappa shape index (κ1) is 13.7. The second-order valence-corrected chi connectivity index (χ2v) is 3.89. The van der Waals surface area contributed by atoms with Gasteiger partial charge in [-0.25, -0.2) is 0 Å². The zero-order chi connectivity index (χ0) is 13.0. The van der Waals surface area contributed by atoms with Crippen LogP contribution in [0.15, 0.2) is 12.1 Å². The lowest BCUT2D eigenvalue weighted by atomic mass is 10.0. The van der Waals surface area contributed by atoms with Crippen LogP contribution in [0.4, 0.5) is 5.69 Å². The van der Waals surface area contributed by atoms with E-state index in [1.54, 1.807) is 0 Å². The second-order valence-electron chi connectivity index (χ2n) is 3.22. The number of carbonyl (C=O) groups is 1. The molecule has 0 N–H and O–H groups in total. The van der Waals surface area contributed by atoms with Crippen LogP contribution in [0, 0.1) is 10.1 Å². The van der Waals surface area contributed by atoms with Crippen LogP contribution < -0.4 is 0 Å². The molecule has 0 aliphatic carbocycles. The third-order valence-electron chi connectivity index (χ3n) is 2.17. The lowest BCUT2D eigenvalue weighted by Gasteiger charge is -2.07. The molecule has 0 saturated carbocycles. The molecule has 1 aromatic carbocycles. The van der Waals surface area contributed by atoms with E-state index in [-0.39, 0.29) is 23.0 Å². The Morgan fingerprint density at radius 1 is 1.47 bits per heavy atom. The predicted molar refractivity (Wildman–Crippen MR) is 63.4 cm³/mol. The molecule has 1 rings (SSSR count). The monoisotopic (exact) mass is 277 g/mol. The molecule has 17 heavy (non-hydrogen) atoms. The van der Waals surface area contributed by atoms with Gasteiger partial charge >= 0.3 is 5.97 Å². The Kier molecular flexibility index (Phi) is 4.72. The molecule has 0 spiro atoms. The lowest BCUT2D eigenvalue weighted by Crippen LogP contribution is -2.07. The van der Waals surface area contributed by atoms with Crippen LogP contribution in [0.1, 0.15) is 11.1 Å². The van der Waals surface area contributed by atoms with Gasteiger partial charge in [0.05, 0.1) is 18.5 Å². The van der Waals surface area contributed by atoms with E-state index < -0.39 is 10.9 Å². The van der Waals surface area contributed by atoms with E-state index in [9.17, 15) is 14.9 Å². The highest BCUT2D eigenvalue weighted by molar-refractivity contribution is 6.32. The third kappa shape index (κ3) is 3.31. The SMILES string of the molecule is COC(=O)Cc1cc([N+](=O)[O-])c(Cl)cc1CCl. The van der Waals surface area contributed by atoms with Crippen molar-refractivity contribution in [1.29, 1.82) is 0 Å². The first-order valence-electron chi connectivity index (χ1n) is 4.58. The Morgan fingerprint density at radius 3 is 2.59 bits per heavy atom. The van der Waals surface area contributed by atoms with Crippen molar-refractivity contribution < 1.29 is 14.5 Å². The molecule has 92 valence electrons. The minimum absolute atomic E-state index is 0.000680. The summed E-state index contributed by atoms with van der Waals surface area (Å²) in [7, 11) is 1.24. The molecular formula is C10H9Cl2NO4. The molecule has 0 radical (unpaired) electrons. The van der Waals surface area contributed by atoms with Crippen LogP contribution in [0.3, 0.4) is 0 Å². The molecule has 0 aromatic heterocycles. The number of esters is 1. The number of methoxy groups -OCH3 is 1. The molecule has 0 unspecified atom stereocenters. The zero-order valence-electron chi connectivity index (χ0n) is 8.91. The second kappa shape index (κ2) is 5.84. The average molecular weight is 278 g/mol. The van der Waals surface area contributed by atoms with Gasteiger partial charge in [0, 0.05) is 11.9 Å². The highest BCUT2D eigenvalue weighted by atomic mass is 35.5. The number of alkyl halides is 1. The zero-order valence-corrected chi connectivity index (χ0v) is 10.4. The highest BCUT2D eigenvalue weighted by Gasteiger charge is 2.18. The average Bonchev–Trinajstić information content (AvgIpc) is 2.30. The van der Waals surface area contributed by atoms with E-state index in [0.717, 1.165) is 0 Å². The number of benzene rings is 1. The summed E-state index contributed by atoms with van der Waals surface area (Å²) in [5.74, 6) is -0.377. The van der Waals surface area contributed by atoms with E-state index in [0.29, 0.717) is 11.1 Å². The molecular weight excluding hydrogens is 269 g/mol. The fraction of sp³-hybridized carbons (Fsp3) is 0.300. The van der Waals surface area contributed by atoms with Gasteiger partial charge in [-0.1, -0.05) is 11.6 Å². The van der Waals surface area contributed by atoms with Crippen LogP contribution in [0.25, 0.3) is 0 Å². The molecule has 0 heterocycles. The van der Waals surface area contributed by atoms with Gasteiger partial charge in [0.1, 0.15) is 5.02 Å². The van der Waals surface area contributed by atoms with E-state index in [1.165, 1.54) is 19.2 Å². The number of nitrogens with zero attached hydrogens (tertiary/aromatic N) is 1. The number of hydrogen-bond acceptors (Lipinski definition) is 4. The van der Waals surface area contributed by atoms with Crippen LogP contribution in [0.2, 0.25) is 5.02 Å². The Balaban J connectivity index is 3.21. The van der Waals surface area contributed by atoms with Crippen LogP contribution >= 0.6 is 23.2 Å². The number of nitro benzene ring substituents is 1. The molecule has 0 aliphatic rings. The van der Waals surface area contributed by atoms with Gasteiger partial charge < -0.3 is 4.74 Å². The quantitative estimate of drug-likeness (QED) is 0.367. The highest BCUT2D eigenvalue weighted by Crippen LogP contribution is 2.29. The molecule has 5 nitrogen and oxygen atoms in total. The first-order valence-corrected chi connectivity index (χ1v) is 5.49. The molecule has 0 aliphatic heterocycles. The summed E-state index contributed by atoms with van der Waals surface area (Å²) in [5.41, 5.74) is 0.773. The smallest absolute Gasteiger partial charge is 0.309 e. The van der Waals surface area contributed by atoms with E-state index in [4.69, 9.17) is 23.2 Å². The lowest BCUT2D eigenvalue weighted by molar-refractivity contribution is -0.384. The maximum atomic E-state index is 11.1. The van der Waals surface area contributed by atoms with E-state index >= 15 is 0 Å². The molecule has 0 bridgehead atoms. The topological polar surface area (TPSA) is 69.4 Å². The summed E-state index contributed by atoms with van der Waals surface area (Å²) < 4.78 is 4.50. The molecule has 7 heteroatoms. The molecule has 1 aromatic rings. The van der Waals surface area contributed by atoms with Gasteiger partial charge in [-0.3, -0.25) is 14.9 Å². The van der Waals surface area contributed by atoms with Crippen LogP contribution in [0.5, 0.6) is 0 Å². The Labute approximate surface area is 107 Å². The van der Waals surface area contributed by atoms with E-state index in [1.807, 2.05) is 0 Å². The van der Waals surface area contributed by atoms with Gasteiger partial charge in [-0.2, -0.15) is 0 Å². The van der Waals surface area contributed by atoms with Crippen LogP contribution in [-0.4, -0.2) is 18.0 Å². The number of carbonyl (C=O) groups excluding carboxylic acids is 1. The number of nitro groups is 1. The first-order chi connectivity index (χ1) is 7.99. The Morgan fingerprint density at radius 2 is 2.12 bits per heavy atom. The van der Waals surface area contributed by atoms with Gasteiger partial charge in [0.25, 0.3) is 5.69 Å². The van der Waals surface area contributed by atoms with Gasteiger partial charge in [0.2, 0.25) is 0 Å². The van der Waals surface area contributed by atoms with Crippen molar-refractivity contribution in [2.45, 2.75) is 12.3 Å². The van der Waals surface area contributed by atoms with Gasteiger partial charge in [0.15, 0.2) is 0 Å². The van der Waals surface area contributed by atoms with Crippen molar-refractivity contribution in [3.05, 3.63) is 38.4 Å². The molecule has 0 fully saturated rings. The maximum absolute atomic E-state index is 11.1. The van der Waals surface area contributed by atoms with Crippen LogP contribution in [-0.2, 0) is 21.8 Å².